The van der Waals surface area contributed by atoms with Gasteiger partial charge in [-0.15, -0.1) is 0 Å². The van der Waals surface area contributed by atoms with Gasteiger partial charge in [0.15, 0.2) is 0 Å². The fourth-order valence-corrected chi connectivity index (χ4v) is 2.77. The summed E-state index contributed by atoms with van der Waals surface area (Å²) in [6.07, 6.45) is 1.51. The van der Waals surface area contributed by atoms with Gasteiger partial charge in [-0.2, -0.15) is 0 Å². The lowest BCUT2D eigenvalue weighted by Crippen LogP contribution is -2.50. The molecule has 1 atom stereocenters. The van der Waals surface area contributed by atoms with Crippen molar-refractivity contribution in [3.63, 3.8) is 0 Å². The van der Waals surface area contributed by atoms with Crippen LogP contribution in [0.3, 0.4) is 0 Å². The minimum absolute atomic E-state index is 0.178. The molecule has 0 aromatic heterocycles. The zero-order valence-corrected chi connectivity index (χ0v) is 12.5. The molecule has 3 heteroatoms. The minimum atomic E-state index is 0.178. The second-order valence-corrected chi connectivity index (χ2v) is 7.26. The molecular formula is C14H30N2O. The monoisotopic (exact) mass is 242 g/mol. The van der Waals surface area contributed by atoms with Crippen LogP contribution in [-0.2, 0) is 4.74 Å². The molecule has 0 radical (unpaired) electrons. The summed E-state index contributed by atoms with van der Waals surface area (Å²) in [5, 5.41) is 3.65. The van der Waals surface area contributed by atoms with Crippen LogP contribution in [0, 0.1) is 5.41 Å². The van der Waals surface area contributed by atoms with Gasteiger partial charge in [0, 0.05) is 25.2 Å². The predicted octanol–water partition coefficient (Wildman–Crippen LogP) is 2.12. The molecule has 0 amide bonds. The molecule has 0 saturated carbocycles. The third-order valence-corrected chi connectivity index (χ3v) is 3.12. The Morgan fingerprint density at radius 2 is 1.88 bits per heavy atom. The fraction of sp³-hybridized carbons (Fsp3) is 1.00. The SMILES string of the molecule is CN1CCOC(CNC(C)(C)CC(C)(C)C)C1. The average Bonchev–Trinajstić information content (AvgIpc) is 2.11. The summed E-state index contributed by atoms with van der Waals surface area (Å²) in [7, 11) is 2.16. The van der Waals surface area contributed by atoms with Gasteiger partial charge in [-0.05, 0) is 32.7 Å². The molecule has 1 saturated heterocycles. The molecule has 1 aliphatic rings. The number of nitrogens with zero attached hydrogens (tertiary/aromatic N) is 1. The normalized spacial score (nSPS) is 24.0. The summed E-state index contributed by atoms with van der Waals surface area (Å²) in [4.78, 5) is 2.34. The summed E-state index contributed by atoms with van der Waals surface area (Å²) in [6, 6.07) is 0. The van der Waals surface area contributed by atoms with E-state index in [-0.39, 0.29) is 5.54 Å². The van der Waals surface area contributed by atoms with E-state index >= 15 is 0 Å². The molecule has 0 aliphatic carbocycles. The summed E-state index contributed by atoms with van der Waals surface area (Å²) in [5.74, 6) is 0. The van der Waals surface area contributed by atoms with Gasteiger partial charge >= 0.3 is 0 Å². The quantitative estimate of drug-likeness (QED) is 0.817. The molecule has 0 spiro atoms. The van der Waals surface area contributed by atoms with Crippen molar-refractivity contribution >= 4 is 0 Å². The highest BCUT2D eigenvalue weighted by atomic mass is 16.5. The van der Waals surface area contributed by atoms with Gasteiger partial charge in [0.2, 0.25) is 0 Å². The van der Waals surface area contributed by atoms with Crippen molar-refractivity contribution < 1.29 is 4.74 Å². The minimum Gasteiger partial charge on any atom is -0.374 e. The lowest BCUT2D eigenvalue weighted by Gasteiger charge is -2.36. The molecule has 17 heavy (non-hydrogen) atoms. The Labute approximate surface area is 107 Å². The molecule has 102 valence electrons. The Bertz CT molecular complexity index is 233. The maximum Gasteiger partial charge on any atom is 0.0826 e. The number of rotatable bonds is 4. The van der Waals surface area contributed by atoms with Crippen LogP contribution in [0.15, 0.2) is 0 Å². The van der Waals surface area contributed by atoms with E-state index in [2.05, 4.69) is 51.9 Å². The van der Waals surface area contributed by atoms with E-state index in [1.165, 1.54) is 6.42 Å². The second kappa shape index (κ2) is 5.68. The number of hydrogen-bond acceptors (Lipinski definition) is 3. The summed E-state index contributed by atoms with van der Waals surface area (Å²) < 4.78 is 5.77. The van der Waals surface area contributed by atoms with Crippen molar-refractivity contribution in [1.82, 2.24) is 10.2 Å². The first-order valence-electron chi connectivity index (χ1n) is 6.73. The number of nitrogens with one attached hydrogen (secondary N) is 1. The average molecular weight is 242 g/mol. The lowest BCUT2D eigenvalue weighted by molar-refractivity contribution is -0.0219. The molecule has 1 N–H and O–H groups in total. The third-order valence-electron chi connectivity index (χ3n) is 3.12. The Morgan fingerprint density at radius 1 is 1.24 bits per heavy atom. The van der Waals surface area contributed by atoms with E-state index < -0.39 is 0 Å². The first kappa shape index (κ1) is 14.9. The van der Waals surface area contributed by atoms with Crippen molar-refractivity contribution in [3.05, 3.63) is 0 Å². The molecule has 1 unspecified atom stereocenters. The van der Waals surface area contributed by atoms with Crippen molar-refractivity contribution in [1.29, 1.82) is 0 Å². The van der Waals surface area contributed by atoms with Gasteiger partial charge in [0.25, 0.3) is 0 Å². The molecule has 3 nitrogen and oxygen atoms in total. The maximum absolute atomic E-state index is 5.77. The summed E-state index contributed by atoms with van der Waals surface area (Å²) in [6.45, 7) is 15.4. The first-order chi connectivity index (χ1) is 7.68. The molecule has 0 aromatic rings. The smallest absolute Gasteiger partial charge is 0.0826 e. The largest absolute Gasteiger partial charge is 0.374 e. The summed E-state index contributed by atoms with van der Waals surface area (Å²) in [5.41, 5.74) is 0.540. The van der Waals surface area contributed by atoms with Crippen molar-refractivity contribution in [2.45, 2.75) is 52.7 Å². The molecule has 1 rings (SSSR count). The van der Waals surface area contributed by atoms with Crippen LogP contribution >= 0.6 is 0 Å². The van der Waals surface area contributed by atoms with Gasteiger partial charge in [-0.3, -0.25) is 0 Å². The van der Waals surface area contributed by atoms with Crippen LogP contribution in [0.5, 0.6) is 0 Å². The number of ether oxygens (including phenoxy) is 1. The highest BCUT2D eigenvalue weighted by Gasteiger charge is 2.26. The first-order valence-corrected chi connectivity index (χ1v) is 6.73. The third kappa shape index (κ3) is 6.39. The maximum atomic E-state index is 5.77. The Kier molecular flexibility index (Phi) is 4.99. The van der Waals surface area contributed by atoms with Crippen molar-refractivity contribution in [3.8, 4) is 0 Å². The van der Waals surface area contributed by atoms with Gasteiger partial charge in [0.1, 0.15) is 0 Å². The standard InChI is InChI=1S/C14H30N2O/c1-13(2,3)11-14(4,5)15-9-12-10-16(6)7-8-17-12/h12,15H,7-11H2,1-6H3. The molecule has 1 aliphatic heterocycles. The lowest BCUT2D eigenvalue weighted by atomic mass is 9.82. The van der Waals surface area contributed by atoms with E-state index in [9.17, 15) is 0 Å². The molecule has 0 aromatic carbocycles. The van der Waals surface area contributed by atoms with Crippen LogP contribution in [0.4, 0.5) is 0 Å². The van der Waals surface area contributed by atoms with E-state index in [0.717, 1.165) is 26.2 Å². The van der Waals surface area contributed by atoms with Crippen LogP contribution in [0.25, 0.3) is 0 Å². The van der Waals surface area contributed by atoms with Gasteiger partial charge in [-0.25, -0.2) is 0 Å². The number of likely N-dealkylation sites (N-methyl/N-ethyl adjacent to an activating group) is 1. The number of morpholine rings is 1. The predicted molar refractivity (Wildman–Crippen MR) is 73.4 cm³/mol. The zero-order valence-electron chi connectivity index (χ0n) is 12.5. The molecule has 0 bridgehead atoms. The molecule has 1 heterocycles. The van der Waals surface area contributed by atoms with Gasteiger partial charge in [-0.1, -0.05) is 20.8 Å². The Morgan fingerprint density at radius 3 is 2.41 bits per heavy atom. The van der Waals surface area contributed by atoms with Crippen LogP contribution in [0.1, 0.15) is 41.0 Å². The Balaban J connectivity index is 2.33. The molecule has 1 fully saturated rings. The van der Waals surface area contributed by atoms with Crippen molar-refractivity contribution in [2.75, 3.05) is 33.3 Å². The van der Waals surface area contributed by atoms with Crippen LogP contribution in [-0.4, -0.2) is 49.8 Å². The summed E-state index contributed by atoms with van der Waals surface area (Å²) >= 11 is 0. The second-order valence-electron chi connectivity index (χ2n) is 7.26. The highest BCUT2D eigenvalue weighted by Crippen LogP contribution is 2.26. The van der Waals surface area contributed by atoms with E-state index in [0.29, 0.717) is 11.5 Å². The topological polar surface area (TPSA) is 24.5 Å². The zero-order chi connectivity index (χ0) is 13.1. The van der Waals surface area contributed by atoms with E-state index in [4.69, 9.17) is 4.74 Å². The molecular weight excluding hydrogens is 212 g/mol. The highest BCUT2D eigenvalue weighted by molar-refractivity contribution is 4.85. The van der Waals surface area contributed by atoms with E-state index in [1.807, 2.05) is 0 Å². The van der Waals surface area contributed by atoms with E-state index in [1.54, 1.807) is 0 Å². The van der Waals surface area contributed by atoms with Crippen molar-refractivity contribution in [2.24, 2.45) is 5.41 Å². The Hall–Kier alpha value is -0.120. The fourth-order valence-electron chi connectivity index (χ4n) is 2.77. The van der Waals surface area contributed by atoms with Crippen LogP contribution < -0.4 is 5.32 Å². The number of hydrogen-bond donors (Lipinski definition) is 1. The van der Waals surface area contributed by atoms with Gasteiger partial charge < -0.3 is 15.0 Å². The van der Waals surface area contributed by atoms with Gasteiger partial charge in [0.05, 0.1) is 12.7 Å². The van der Waals surface area contributed by atoms with Crippen LogP contribution in [0.2, 0.25) is 0 Å².